The number of hydrogen-bond donors (Lipinski definition) is 0. The molecular weight excluding hydrogens is 308 g/mol. The molecule has 0 unspecified atom stereocenters. The average molecular weight is 343 g/mol. The number of rotatable bonds is 4. The molecule has 0 spiro atoms. The van der Waals surface area contributed by atoms with Gasteiger partial charge in [-0.3, -0.25) is 0 Å². The van der Waals surface area contributed by atoms with Gasteiger partial charge in [0.2, 0.25) is 0 Å². The van der Waals surface area contributed by atoms with Crippen LogP contribution in [0.15, 0.2) is 29.8 Å². The molecule has 0 radical (unpaired) electrons. The first-order valence-electron chi connectivity index (χ1n) is 9.73. The molecule has 4 atom stereocenters. The first-order chi connectivity index (χ1) is 11.8. The Morgan fingerprint density at radius 2 is 1.88 bits per heavy atom. The minimum atomic E-state index is 0.280. The molecule has 1 aromatic carbocycles. The molecule has 0 N–H and O–H groups in total. The number of allylic oxidation sites excluding steroid dienone is 2. The summed E-state index contributed by atoms with van der Waals surface area (Å²) < 4.78 is 11.2. The lowest BCUT2D eigenvalue weighted by Crippen LogP contribution is -2.50. The molecule has 0 heterocycles. The summed E-state index contributed by atoms with van der Waals surface area (Å²) in [5, 5.41) is 0. The van der Waals surface area contributed by atoms with E-state index in [0.29, 0.717) is 11.3 Å². The maximum absolute atomic E-state index is 5.68. The van der Waals surface area contributed by atoms with Crippen molar-refractivity contribution in [1.29, 1.82) is 0 Å². The van der Waals surface area contributed by atoms with Crippen molar-refractivity contribution in [3.63, 3.8) is 0 Å². The largest absolute Gasteiger partial charge is 0.497 e. The molecule has 0 aromatic heterocycles. The second-order valence-corrected chi connectivity index (χ2v) is 8.73. The van der Waals surface area contributed by atoms with Crippen LogP contribution in [0.2, 0.25) is 0 Å². The van der Waals surface area contributed by atoms with Crippen LogP contribution in [0.1, 0.15) is 58.9 Å². The minimum absolute atomic E-state index is 0.280. The number of methoxy groups -OCH3 is 2. The van der Waals surface area contributed by atoms with Gasteiger partial charge in [-0.1, -0.05) is 32.4 Å². The standard InChI is InChI=1S/C23H34O2/c1-16-8-7-9-21-22(16,3)13-12-17(2)23(21,4)15-18-14-19(24-5)10-11-20(18)25-6/h8,10-11,14,17,21H,7,9,12-13,15H2,1-6H3/t17-,21-,22+,23-/m1/s1. The highest BCUT2D eigenvalue weighted by Crippen LogP contribution is 2.61. The van der Waals surface area contributed by atoms with Gasteiger partial charge in [-0.15, -0.1) is 0 Å². The molecule has 2 aliphatic rings. The summed E-state index contributed by atoms with van der Waals surface area (Å²) in [6, 6.07) is 6.22. The quantitative estimate of drug-likeness (QED) is 0.621. The molecule has 0 bridgehead atoms. The Hall–Kier alpha value is -1.44. The lowest BCUT2D eigenvalue weighted by atomic mass is 9.47. The molecule has 1 aromatic rings. The summed E-state index contributed by atoms with van der Waals surface area (Å²) in [6.45, 7) is 9.85. The molecule has 2 nitrogen and oxygen atoms in total. The van der Waals surface area contributed by atoms with Crippen LogP contribution in [0.3, 0.4) is 0 Å². The third kappa shape index (κ3) is 2.98. The Labute approximate surface area is 153 Å². The highest BCUT2D eigenvalue weighted by Gasteiger charge is 2.53. The first-order valence-corrected chi connectivity index (χ1v) is 9.73. The van der Waals surface area contributed by atoms with Gasteiger partial charge in [-0.25, -0.2) is 0 Å². The zero-order valence-corrected chi connectivity index (χ0v) is 16.8. The van der Waals surface area contributed by atoms with Crippen LogP contribution >= 0.6 is 0 Å². The smallest absolute Gasteiger partial charge is 0.122 e. The molecule has 0 saturated heterocycles. The summed E-state index contributed by atoms with van der Waals surface area (Å²) in [5.41, 5.74) is 3.53. The molecule has 1 saturated carbocycles. The van der Waals surface area contributed by atoms with E-state index in [4.69, 9.17) is 9.47 Å². The van der Waals surface area contributed by atoms with E-state index in [2.05, 4.69) is 45.9 Å². The summed E-state index contributed by atoms with van der Waals surface area (Å²) in [6.07, 6.45) is 8.71. The Morgan fingerprint density at radius 1 is 1.12 bits per heavy atom. The van der Waals surface area contributed by atoms with E-state index in [9.17, 15) is 0 Å². The second-order valence-electron chi connectivity index (χ2n) is 8.73. The van der Waals surface area contributed by atoms with E-state index in [0.717, 1.165) is 23.8 Å². The van der Waals surface area contributed by atoms with E-state index in [1.807, 2.05) is 6.07 Å². The molecule has 2 aliphatic carbocycles. The van der Waals surface area contributed by atoms with Gasteiger partial charge in [0.05, 0.1) is 14.2 Å². The SMILES string of the molecule is COc1ccc(OC)c(C[C@]2(C)[C@H](C)CC[C@@]3(C)C(C)=CCC[C@@H]23)c1. The van der Waals surface area contributed by atoms with Gasteiger partial charge in [-0.2, -0.15) is 0 Å². The maximum atomic E-state index is 5.68. The Balaban J connectivity index is 2.01. The van der Waals surface area contributed by atoms with Gasteiger partial charge in [-0.05, 0) is 85.5 Å². The second kappa shape index (κ2) is 6.70. The molecule has 0 amide bonds. The predicted octanol–water partition coefficient (Wildman–Crippen LogP) is 6.05. The van der Waals surface area contributed by atoms with Crippen molar-refractivity contribution in [2.24, 2.45) is 22.7 Å². The van der Waals surface area contributed by atoms with Crippen molar-refractivity contribution in [3.05, 3.63) is 35.4 Å². The summed E-state index contributed by atoms with van der Waals surface area (Å²) >= 11 is 0. The molecular formula is C23H34O2. The van der Waals surface area contributed by atoms with E-state index in [1.54, 1.807) is 19.8 Å². The zero-order chi connectivity index (χ0) is 18.2. The Kier molecular flexibility index (Phi) is 4.92. The summed E-state index contributed by atoms with van der Waals surface area (Å²) in [7, 11) is 3.51. The van der Waals surface area contributed by atoms with Crippen molar-refractivity contribution >= 4 is 0 Å². The van der Waals surface area contributed by atoms with Crippen LogP contribution in [0.25, 0.3) is 0 Å². The van der Waals surface area contributed by atoms with Crippen molar-refractivity contribution < 1.29 is 9.47 Å². The monoisotopic (exact) mass is 342 g/mol. The fraction of sp³-hybridized carbons (Fsp3) is 0.652. The normalized spacial score (nSPS) is 34.9. The van der Waals surface area contributed by atoms with Gasteiger partial charge < -0.3 is 9.47 Å². The van der Waals surface area contributed by atoms with E-state index >= 15 is 0 Å². The lowest BCUT2D eigenvalue weighted by Gasteiger charge is -2.58. The third-order valence-electron chi connectivity index (χ3n) is 7.65. The minimum Gasteiger partial charge on any atom is -0.497 e. The van der Waals surface area contributed by atoms with Crippen LogP contribution in [0.4, 0.5) is 0 Å². The van der Waals surface area contributed by atoms with Gasteiger partial charge >= 0.3 is 0 Å². The highest BCUT2D eigenvalue weighted by atomic mass is 16.5. The summed E-state index contributed by atoms with van der Waals surface area (Å²) in [5.74, 6) is 3.35. The Morgan fingerprint density at radius 3 is 2.56 bits per heavy atom. The molecule has 0 aliphatic heterocycles. The highest BCUT2D eigenvalue weighted by molar-refractivity contribution is 5.41. The predicted molar refractivity (Wildman–Crippen MR) is 104 cm³/mol. The first kappa shape index (κ1) is 18.4. The van der Waals surface area contributed by atoms with Crippen molar-refractivity contribution in [2.45, 2.75) is 59.8 Å². The average Bonchev–Trinajstić information content (AvgIpc) is 2.60. The molecule has 2 heteroatoms. The van der Waals surface area contributed by atoms with E-state index in [1.165, 1.54) is 31.2 Å². The fourth-order valence-corrected chi connectivity index (χ4v) is 5.64. The van der Waals surface area contributed by atoms with Gasteiger partial charge in [0.25, 0.3) is 0 Å². The van der Waals surface area contributed by atoms with E-state index in [-0.39, 0.29) is 5.41 Å². The van der Waals surface area contributed by atoms with Crippen LogP contribution in [0, 0.1) is 22.7 Å². The number of hydrogen-bond acceptors (Lipinski definition) is 2. The van der Waals surface area contributed by atoms with E-state index < -0.39 is 0 Å². The Bertz CT molecular complexity index is 662. The molecule has 25 heavy (non-hydrogen) atoms. The van der Waals surface area contributed by atoms with Gasteiger partial charge in [0.15, 0.2) is 0 Å². The van der Waals surface area contributed by atoms with Crippen molar-refractivity contribution in [1.82, 2.24) is 0 Å². The molecule has 138 valence electrons. The van der Waals surface area contributed by atoms with Crippen molar-refractivity contribution in [2.75, 3.05) is 14.2 Å². The van der Waals surface area contributed by atoms with Crippen LogP contribution in [0.5, 0.6) is 11.5 Å². The molecule has 1 fully saturated rings. The number of fused-ring (bicyclic) bond motifs is 1. The van der Waals surface area contributed by atoms with Crippen LogP contribution in [-0.2, 0) is 6.42 Å². The topological polar surface area (TPSA) is 18.5 Å². The lowest BCUT2D eigenvalue weighted by molar-refractivity contribution is -0.0412. The van der Waals surface area contributed by atoms with Crippen LogP contribution in [-0.4, -0.2) is 14.2 Å². The summed E-state index contributed by atoms with van der Waals surface area (Å²) in [4.78, 5) is 0. The number of benzene rings is 1. The van der Waals surface area contributed by atoms with Gasteiger partial charge in [0, 0.05) is 0 Å². The van der Waals surface area contributed by atoms with Crippen molar-refractivity contribution in [3.8, 4) is 11.5 Å². The fourth-order valence-electron chi connectivity index (χ4n) is 5.64. The number of ether oxygens (including phenoxy) is 2. The maximum Gasteiger partial charge on any atom is 0.122 e. The van der Waals surface area contributed by atoms with Crippen LogP contribution < -0.4 is 9.47 Å². The zero-order valence-electron chi connectivity index (χ0n) is 16.8. The molecule has 3 rings (SSSR count). The third-order valence-corrected chi connectivity index (χ3v) is 7.65. The van der Waals surface area contributed by atoms with Gasteiger partial charge in [0.1, 0.15) is 11.5 Å².